The third-order valence-corrected chi connectivity index (χ3v) is 2.79. The summed E-state index contributed by atoms with van der Waals surface area (Å²) in [6.45, 7) is 1.85. The summed E-state index contributed by atoms with van der Waals surface area (Å²) in [5.74, 6) is -0.817. The van der Waals surface area contributed by atoms with Crippen LogP contribution in [0.2, 0.25) is 5.02 Å². The predicted octanol–water partition coefficient (Wildman–Crippen LogP) is 3.01. The molecule has 1 heterocycles. The highest BCUT2D eigenvalue weighted by Crippen LogP contribution is 2.33. The SMILES string of the molecule is COc1cc(C)c(-c2cc(C(=O)O)on2)cc1Cl. The maximum absolute atomic E-state index is 10.7. The first-order valence-electron chi connectivity index (χ1n) is 5.07. The van der Waals surface area contributed by atoms with Gasteiger partial charge in [0.2, 0.25) is 5.76 Å². The number of carboxylic acid groups (broad SMARTS) is 1. The van der Waals surface area contributed by atoms with Crippen molar-refractivity contribution in [2.45, 2.75) is 6.92 Å². The van der Waals surface area contributed by atoms with Crippen LogP contribution in [0.4, 0.5) is 0 Å². The Bertz CT molecular complexity index is 606. The number of ether oxygens (including phenoxy) is 1. The van der Waals surface area contributed by atoms with Crippen molar-refractivity contribution < 1.29 is 19.2 Å². The highest BCUT2D eigenvalue weighted by atomic mass is 35.5. The van der Waals surface area contributed by atoms with E-state index in [2.05, 4.69) is 5.16 Å². The number of benzene rings is 1. The summed E-state index contributed by atoms with van der Waals surface area (Å²) < 4.78 is 9.80. The van der Waals surface area contributed by atoms with Gasteiger partial charge in [0.25, 0.3) is 0 Å². The summed E-state index contributed by atoms with van der Waals surface area (Å²) in [5, 5.41) is 12.9. The van der Waals surface area contributed by atoms with Crippen LogP contribution in [0.3, 0.4) is 0 Å². The molecule has 2 rings (SSSR count). The molecular formula is C12H10ClNO4. The van der Waals surface area contributed by atoms with Crippen LogP contribution in [0.25, 0.3) is 11.3 Å². The van der Waals surface area contributed by atoms with Crippen molar-refractivity contribution in [3.8, 4) is 17.0 Å². The molecule has 1 aromatic carbocycles. The van der Waals surface area contributed by atoms with Gasteiger partial charge in [-0.2, -0.15) is 0 Å². The first kappa shape index (κ1) is 12.4. The molecule has 0 radical (unpaired) electrons. The van der Waals surface area contributed by atoms with Crippen LogP contribution in [-0.2, 0) is 0 Å². The minimum absolute atomic E-state index is 0.212. The molecule has 0 aliphatic rings. The minimum Gasteiger partial charge on any atom is -0.495 e. The number of aromatic carboxylic acids is 1. The van der Waals surface area contributed by atoms with Gasteiger partial charge in [-0.25, -0.2) is 4.79 Å². The maximum atomic E-state index is 10.7. The van der Waals surface area contributed by atoms with Gasteiger partial charge in [0, 0.05) is 11.6 Å². The number of rotatable bonds is 3. The molecule has 0 unspecified atom stereocenters. The van der Waals surface area contributed by atoms with Crippen LogP contribution in [0.5, 0.6) is 5.75 Å². The lowest BCUT2D eigenvalue weighted by atomic mass is 10.1. The first-order chi connectivity index (χ1) is 8.52. The summed E-state index contributed by atoms with van der Waals surface area (Å²) in [5.41, 5.74) is 1.99. The molecule has 0 saturated heterocycles. The molecule has 5 nitrogen and oxygen atoms in total. The van der Waals surface area contributed by atoms with Gasteiger partial charge >= 0.3 is 5.97 Å². The Labute approximate surface area is 108 Å². The summed E-state index contributed by atoms with van der Waals surface area (Å²) in [7, 11) is 1.53. The van der Waals surface area contributed by atoms with Gasteiger partial charge in [0.05, 0.1) is 12.1 Å². The lowest BCUT2D eigenvalue weighted by Crippen LogP contribution is -1.92. The Morgan fingerprint density at radius 1 is 1.44 bits per heavy atom. The van der Waals surface area contributed by atoms with E-state index < -0.39 is 5.97 Å². The summed E-state index contributed by atoms with van der Waals surface area (Å²) in [4.78, 5) is 10.7. The standard InChI is InChI=1S/C12H10ClNO4/c1-6-3-10(17-2)8(13)4-7(6)9-5-11(12(15)16)18-14-9/h3-5H,1-2H3,(H,15,16). The van der Waals surface area contributed by atoms with Crippen LogP contribution in [0.15, 0.2) is 22.7 Å². The van der Waals surface area contributed by atoms with Gasteiger partial charge in [-0.1, -0.05) is 16.8 Å². The Morgan fingerprint density at radius 2 is 2.17 bits per heavy atom. The molecule has 1 aromatic heterocycles. The van der Waals surface area contributed by atoms with Crippen molar-refractivity contribution in [1.29, 1.82) is 0 Å². The van der Waals surface area contributed by atoms with Gasteiger partial charge in [0.1, 0.15) is 11.4 Å². The van der Waals surface area contributed by atoms with Crippen molar-refractivity contribution in [2.24, 2.45) is 0 Å². The number of aromatic nitrogens is 1. The number of aryl methyl sites for hydroxylation is 1. The maximum Gasteiger partial charge on any atom is 0.374 e. The highest BCUT2D eigenvalue weighted by Gasteiger charge is 2.15. The Balaban J connectivity index is 2.50. The van der Waals surface area contributed by atoms with E-state index in [1.807, 2.05) is 6.92 Å². The third-order valence-electron chi connectivity index (χ3n) is 2.50. The minimum atomic E-state index is -1.16. The van der Waals surface area contributed by atoms with Gasteiger partial charge in [0.15, 0.2) is 0 Å². The van der Waals surface area contributed by atoms with Crippen molar-refractivity contribution in [1.82, 2.24) is 5.16 Å². The number of methoxy groups -OCH3 is 1. The normalized spacial score (nSPS) is 10.4. The Morgan fingerprint density at radius 3 is 2.72 bits per heavy atom. The summed E-state index contributed by atoms with van der Waals surface area (Å²) in [6, 6.07) is 4.78. The predicted molar refractivity (Wildman–Crippen MR) is 65.2 cm³/mol. The summed E-state index contributed by atoms with van der Waals surface area (Å²) in [6.07, 6.45) is 0. The van der Waals surface area contributed by atoms with E-state index in [1.54, 1.807) is 12.1 Å². The molecule has 0 saturated carbocycles. The van der Waals surface area contributed by atoms with Crippen LogP contribution in [0.1, 0.15) is 16.1 Å². The van der Waals surface area contributed by atoms with Crippen LogP contribution >= 0.6 is 11.6 Å². The van der Waals surface area contributed by atoms with Crippen molar-refractivity contribution in [3.05, 3.63) is 34.5 Å². The lowest BCUT2D eigenvalue weighted by Gasteiger charge is -2.07. The number of halogens is 1. The zero-order valence-electron chi connectivity index (χ0n) is 9.73. The Hall–Kier alpha value is -2.01. The largest absolute Gasteiger partial charge is 0.495 e. The van der Waals surface area contributed by atoms with E-state index in [1.165, 1.54) is 13.2 Å². The molecule has 94 valence electrons. The number of carboxylic acids is 1. The molecule has 0 fully saturated rings. The average Bonchev–Trinajstić information content (AvgIpc) is 2.81. The zero-order chi connectivity index (χ0) is 13.3. The van der Waals surface area contributed by atoms with Crippen molar-refractivity contribution in [3.63, 3.8) is 0 Å². The quantitative estimate of drug-likeness (QED) is 0.925. The van der Waals surface area contributed by atoms with E-state index in [-0.39, 0.29) is 5.76 Å². The topological polar surface area (TPSA) is 72.6 Å². The fraction of sp³-hybridized carbons (Fsp3) is 0.167. The van der Waals surface area contributed by atoms with Crippen LogP contribution < -0.4 is 4.74 Å². The second-order valence-corrected chi connectivity index (χ2v) is 4.09. The molecular weight excluding hydrogens is 258 g/mol. The van der Waals surface area contributed by atoms with E-state index >= 15 is 0 Å². The van der Waals surface area contributed by atoms with Crippen molar-refractivity contribution >= 4 is 17.6 Å². The van der Waals surface area contributed by atoms with E-state index in [9.17, 15) is 4.79 Å². The number of hydrogen-bond acceptors (Lipinski definition) is 4. The molecule has 0 atom stereocenters. The Kier molecular flexibility index (Phi) is 3.25. The number of carbonyl (C=O) groups is 1. The van der Waals surface area contributed by atoms with Gasteiger partial charge in [-0.3, -0.25) is 0 Å². The second-order valence-electron chi connectivity index (χ2n) is 3.68. The van der Waals surface area contributed by atoms with Crippen LogP contribution in [0, 0.1) is 6.92 Å². The molecule has 0 aliphatic heterocycles. The van der Waals surface area contributed by atoms with E-state index in [4.69, 9.17) is 26.0 Å². The first-order valence-corrected chi connectivity index (χ1v) is 5.45. The fourth-order valence-corrected chi connectivity index (χ4v) is 1.83. The molecule has 0 aliphatic carbocycles. The molecule has 0 amide bonds. The summed E-state index contributed by atoms with van der Waals surface area (Å²) >= 11 is 6.02. The van der Waals surface area contributed by atoms with Gasteiger partial charge in [-0.15, -0.1) is 0 Å². The zero-order valence-corrected chi connectivity index (χ0v) is 10.5. The lowest BCUT2D eigenvalue weighted by molar-refractivity contribution is 0.0652. The number of nitrogens with zero attached hydrogens (tertiary/aromatic N) is 1. The van der Waals surface area contributed by atoms with Crippen LogP contribution in [-0.4, -0.2) is 23.3 Å². The molecule has 1 N–H and O–H groups in total. The average molecular weight is 268 g/mol. The van der Waals surface area contributed by atoms with E-state index in [0.717, 1.165) is 5.56 Å². The molecule has 0 bridgehead atoms. The van der Waals surface area contributed by atoms with Gasteiger partial charge < -0.3 is 14.4 Å². The smallest absolute Gasteiger partial charge is 0.374 e. The molecule has 18 heavy (non-hydrogen) atoms. The van der Waals surface area contributed by atoms with E-state index in [0.29, 0.717) is 22.0 Å². The molecule has 2 aromatic rings. The van der Waals surface area contributed by atoms with Crippen molar-refractivity contribution in [2.75, 3.05) is 7.11 Å². The monoisotopic (exact) mass is 267 g/mol. The highest BCUT2D eigenvalue weighted by molar-refractivity contribution is 6.32. The molecule has 0 spiro atoms. The number of hydrogen-bond donors (Lipinski definition) is 1. The second kappa shape index (κ2) is 4.70. The molecule has 6 heteroatoms. The fourth-order valence-electron chi connectivity index (χ4n) is 1.59. The van der Waals surface area contributed by atoms with Gasteiger partial charge in [-0.05, 0) is 24.6 Å². The third kappa shape index (κ3) is 2.17.